The number of alkyl halides is 3. The Kier molecular flexibility index (Phi) is 9.22. The Hall–Kier alpha value is -3.74. The summed E-state index contributed by atoms with van der Waals surface area (Å²) in [6.45, 7) is 8.31. The third-order valence-corrected chi connectivity index (χ3v) is 10.4. The van der Waals surface area contributed by atoms with Gasteiger partial charge >= 0.3 is 12.1 Å². The third-order valence-electron chi connectivity index (χ3n) is 8.10. The summed E-state index contributed by atoms with van der Waals surface area (Å²) in [6, 6.07) is 18.8. The Morgan fingerprint density at radius 1 is 1.02 bits per heavy atom. The number of thioether (sulfide) groups is 1. The van der Waals surface area contributed by atoms with Gasteiger partial charge in [0.05, 0.1) is 22.7 Å². The van der Waals surface area contributed by atoms with Crippen molar-refractivity contribution < 1.29 is 32.5 Å². The molecule has 1 saturated heterocycles. The summed E-state index contributed by atoms with van der Waals surface area (Å²) >= 11 is 2.68. The number of fused-ring (bicyclic) bond motifs is 1. The van der Waals surface area contributed by atoms with E-state index in [1.54, 1.807) is 13.8 Å². The van der Waals surface area contributed by atoms with Crippen LogP contribution >= 0.6 is 23.1 Å². The van der Waals surface area contributed by atoms with E-state index >= 15 is 0 Å². The predicted molar refractivity (Wildman–Crippen MR) is 174 cm³/mol. The first kappa shape index (κ1) is 32.2. The van der Waals surface area contributed by atoms with Crippen LogP contribution in [0, 0.1) is 0 Å². The average molecular weight is 670 g/mol. The number of rotatable bonds is 10. The zero-order valence-electron chi connectivity index (χ0n) is 25.5. The predicted octanol–water partition coefficient (Wildman–Crippen LogP) is 7.62. The fraction of sp³-hybridized carbons (Fsp3) is 0.353. The van der Waals surface area contributed by atoms with Gasteiger partial charge in [0.25, 0.3) is 0 Å². The van der Waals surface area contributed by atoms with E-state index in [0.29, 0.717) is 22.9 Å². The molecule has 6 rings (SSSR count). The van der Waals surface area contributed by atoms with E-state index in [2.05, 4.69) is 28.0 Å². The topological polar surface area (TPSA) is 75.1 Å². The normalized spacial score (nSPS) is 15.5. The molecule has 0 spiro atoms. The lowest BCUT2D eigenvalue weighted by molar-refractivity contribution is -0.139. The lowest BCUT2D eigenvalue weighted by Gasteiger charge is -2.36. The van der Waals surface area contributed by atoms with E-state index < -0.39 is 22.5 Å². The number of aromatic nitrogens is 1. The SMILES string of the molecule is CC(C)(Sc1ccc(OCc2sc(-c3ccc(C(F)(F)F)cc3)nc2CN2CCN(c3ccc4c(c3)CCO4)CC2)cc1)C(=O)O. The minimum Gasteiger partial charge on any atom is -0.493 e. The summed E-state index contributed by atoms with van der Waals surface area (Å²) in [5.74, 6) is 0.710. The molecule has 0 bridgehead atoms. The third kappa shape index (κ3) is 7.45. The second-order valence-corrected chi connectivity index (χ2v) is 14.6. The Balaban J connectivity index is 1.16. The number of thiazole rings is 1. The van der Waals surface area contributed by atoms with Crippen LogP contribution in [0.3, 0.4) is 0 Å². The van der Waals surface area contributed by atoms with Crippen molar-refractivity contribution in [2.24, 2.45) is 0 Å². The number of carboxylic acid groups (broad SMARTS) is 1. The largest absolute Gasteiger partial charge is 0.493 e. The van der Waals surface area contributed by atoms with Gasteiger partial charge in [-0.25, -0.2) is 4.98 Å². The molecule has 0 atom stereocenters. The number of hydrogen-bond donors (Lipinski definition) is 1. The number of ether oxygens (including phenoxy) is 2. The number of hydrogen-bond acceptors (Lipinski definition) is 8. The molecule has 12 heteroatoms. The Bertz CT molecular complexity index is 1680. The maximum atomic E-state index is 13.2. The second-order valence-electron chi connectivity index (χ2n) is 11.8. The molecule has 7 nitrogen and oxygen atoms in total. The van der Waals surface area contributed by atoms with Gasteiger partial charge in [-0.15, -0.1) is 23.1 Å². The molecule has 1 N–H and O–H groups in total. The van der Waals surface area contributed by atoms with Crippen LogP contribution in [0.2, 0.25) is 0 Å². The van der Waals surface area contributed by atoms with Gasteiger partial charge in [-0.05, 0) is 74.0 Å². The molecular weight excluding hydrogens is 636 g/mol. The number of halogens is 3. The van der Waals surface area contributed by atoms with E-state index in [1.165, 1.54) is 46.5 Å². The van der Waals surface area contributed by atoms with Crippen molar-refractivity contribution in [2.75, 3.05) is 37.7 Å². The number of carboxylic acids is 1. The molecule has 1 fully saturated rings. The number of benzene rings is 3. The van der Waals surface area contributed by atoms with E-state index in [4.69, 9.17) is 14.5 Å². The van der Waals surface area contributed by atoms with E-state index in [-0.39, 0.29) is 6.61 Å². The molecule has 0 amide bonds. The molecule has 4 aromatic rings. The molecule has 0 aliphatic carbocycles. The van der Waals surface area contributed by atoms with Crippen LogP contribution in [-0.4, -0.2) is 58.5 Å². The van der Waals surface area contributed by atoms with Crippen LogP contribution in [0.25, 0.3) is 10.6 Å². The molecule has 2 aliphatic rings. The Morgan fingerprint density at radius 3 is 2.41 bits per heavy atom. The van der Waals surface area contributed by atoms with Crippen LogP contribution in [0.15, 0.2) is 71.6 Å². The van der Waals surface area contributed by atoms with Crippen molar-refractivity contribution in [3.63, 3.8) is 0 Å². The zero-order valence-corrected chi connectivity index (χ0v) is 27.1. The van der Waals surface area contributed by atoms with Gasteiger partial charge in [0, 0.05) is 55.3 Å². The van der Waals surface area contributed by atoms with Crippen molar-refractivity contribution in [2.45, 2.75) is 49.2 Å². The molecule has 46 heavy (non-hydrogen) atoms. The van der Waals surface area contributed by atoms with E-state index in [0.717, 1.165) is 72.6 Å². The number of carbonyl (C=O) groups is 1. The number of aliphatic carboxylic acids is 1. The molecule has 0 radical (unpaired) electrons. The molecule has 3 aromatic carbocycles. The van der Waals surface area contributed by atoms with Gasteiger partial charge in [-0.3, -0.25) is 9.69 Å². The number of nitrogens with zero attached hydrogens (tertiary/aromatic N) is 3. The van der Waals surface area contributed by atoms with Gasteiger partial charge in [0.15, 0.2) is 0 Å². The highest BCUT2D eigenvalue weighted by Gasteiger charge is 2.31. The van der Waals surface area contributed by atoms with Crippen LogP contribution in [0.4, 0.5) is 18.9 Å². The number of piperazine rings is 1. The smallest absolute Gasteiger partial charge is 0.416 e. The molecular formula is C34H34F3N3O4S2. The van der Waals surface area contributed by atoms with Crippen molar-refractivity contribution in [3.05, 3.63) is 88.4 Å². The minimum absolute atomic E-state index is 0.248. The van der Waals surface area contributed by atoms with Gasteiger partial charge in [-0.1, -0.05) is 12.1 Å². The van der Waals surface area contributed by atoms with Crippen LogP contribution in [0.1, 0.15) is 35.5 Å². The monoisotopic (exact) mass is 669 g/mol. The minimum atomic E-state index is -4.40. The van der Waals surface area contributed by atoms with Crippen molar-refractivity contribution in [3.8, 4) is 22.1 Å². The summed E-state index contributed by atoms with van der Waals surface area (Å²) in [7, 11) is 0. The highest BCUT2D eigenvalue weighted by molar-refractivity contribution is 8.01. The summed E-state index contributed by atoms with van der Waals surface area (Å²) in [6.07, 6.45) is -3.47. The summed E-state index contributed by atoms with van der Waals surface area (Å²) in [5, 5.41) is 10.1. The molecule has 3 heterocycles. The zero-order chi connectivity index (χ0) is 32.5. The second kappa shape index (κ2) is 13.2. The number of anilines is 1. The fourth-order valence-electron chi connectivity index (χ4n) is 5.38. The average Bonchev–Trinajstić information content (AvgIpc) is 3.67. The van der Waals surface area contributed by atoms with Crippen LogP contribution in [0.5, 0.6) is 11.5 Å². The van der Waals surface area contributed by atoms with Gasteiger partial charge < -0.3 is 19.5 Å². The first-order chi connectivity index (χ1) is 21.9. The van der Waals surface area contributed by atoms with Gasteiger partial charge in [-0.2, -0.15) is 13.2 Å². The first-order valence-corrected chi connectivity index (χ1v) is 16.6. The quantitative estimate of drug-likeness (QED) is 0.173. The molecule has 0 unspecified atom stereocenters. The summed E-state index contributed by atoms with van der Waals surface area (Å²) in [4.78, 5) is 22.8. The fourth-order valence-corrected chi connectivity index (χ4v) is 7.32. The van der Waals surface area contributed by atoms with E-state index in [1.807, 2.05) is 24.3 Å². The van der Waals surface area contributed by atoms with Crippen LogP contribution in [-0.2, 0) is 30.5 Å². The maximum absolute atomic E-state index is 13.2. The van der Waals surface area contributed by atoms with Gasteiger partial charge in [0.2, 0.25) is 0 Å². The van der Waals surface area contributed by atoms with E-state index in [9.17, 15) is 23.1 Å². The molecule has 0 saturated carbocycles. The highest BCUT2D eigenvalue weighted by atomic mass is 32.2. The summed E-state index contributed by atoms with van der Waals surface area (Å²) in [5.41, 5.74) is 3.22. The lowest BCUT2D eigenvalue weighted by Crippen LogP contribution is -2.46. The molecule has 242 valence electrons. The van der Waals surface area contributed by atoms with Crippen molar-refractivity contribution >= 4 is 34.8 Å². The Morgan fingerprint density at radius 2 is 1.74 bits per heavy atom. The maximum Gasteiger partial charge on any atom is 0.416 e. The standard InChI is InChI=1S/C34H34F3N3O4S2/c1-33(2,32(41)42)46-27-10-8-26(9-11-27)44-21-30-28(38-31(45-30)22-3-5-24(6-4-22)34(35,36)37)20-39-14-16-40(17-15-39)25-7-12-29-23(19-25)13-18-43-29/h3-12,19H,13-18,20-21H2,1-2H3,(H,41,42). The molecule has 2 aliphatic heterocycles. The summed E-state index contributed by atoms with van der Waals surface area (Å²) < 4.78 is 50.4. The van der Waals surface area contributed by atoms with Crippen LogP contribution < -0.4 is 14.4 Å². The Labute approximate surface area is 274 Å². The molecule has 1 aromatic heterocycles. The van der Waals surface area contributed by atoms with Crippen molar-refractivity contribution in [1.29, 1.82) is 0 Å². The first-order valence-electron chi connectivity index (χ1n) is 15.0. The lowest BCUT2D eigenvalue weighted by atomic mass is 10.1. The van der Waals surface area contributed by atoms with Gasteiger partial charge in [0.1, 0.15) is 27.9 Å². The van der Waals surface area contributed by atoms with Crippen molar-refractivity contribution in [1.82, 2.24) is 9.88 Å². The highest BCUT2D eigenvalue weighted by Crippen LogP contribution is 2.36.